The molecule has 1 atom stereocenters. The third-order valence-electron chi connectivity index (χ3n) is 5.30. The molecule has 0 saturated carbocycles. The van der Waals surface area contributed by atoms with Crippen LogP contribution >= 0.6 is 22.9 Å². The number of aromatic nitrogens is 1. The molecule has 0 unspecified atom stereocenters. The van der Waals surface area contributed by atoms with E-state index in [0.29, 0.717) is 28.9 Å². The van der Waals surface area contributed by atoms with E-state index in [1.165, 1.54) is 4.88 Å². The number of pyridine rings is 1. The van der Waals surface area contributed by atoms with Gasteiger partial charge in [-0.25, -0.2) is 0 Å². The third kappa shape index (κ3) is 4.45. The Morgan fingerprint density at radius 2 is 2.20 bits per heavy atom. The van der Waals surface area contributed by atoms with Crippen LogP contribution < -0.4 is 15.4 Å². The summed E-state index contributed by atoms with van der Waals surface area (Å²) < 4.78 is 5.39. The average Bonchev–Trinajstić information content (AvgIpc) is 3.10. The van der Waals surface area contributed by atoms with Gasteiger partial charge in [0.15, 0.2) is 0 Å². The van der Waals surface area contributed by atoms with Crippen LogP contribution in [0.25, 0.3) is 0 Å². The third-order valence-corrected chi connectivity index (χ3v) is 6.75. The molecule has 7 heteroatoms. The van der Waals surface area contributed by atoms with Gasteiger partial charge in [0.25, 0.3) is 5.91 Å². The number of anilines is 2. The fourth-order valence-corrected chi connectivity index (χ4v) is 5.33. The first kappa shape index (κ1) is 20.7. The van der Waals surface area contributed by atoms with Gasteiger partial charge < -0.3 is 15.4 Å². The summed E-state index contributed by atoms with van der Waals surface area (Å²) in [7, 11) is 1.58. The normalized spacial score (nSPS) is 15.4. The van der Waals surface area contributed by atoms with Gasteiger partial charge in [0.1, 0.15) is 10.8 Å². The highest BCUT2D eigenvalue weighted by Crippen LogP contribution is 2.40. The lowest BCUT2D eigenvalue weighted by atomic mass is 9.88. The van der Waals surface area contributed by atoms with Crippen molar-refractivity contribution >= 4 is 39.5 Å². The zero-order chi connectivity index (χ0) is 21.1. The van der Waals surface area contributed by atoms with Crippen LogP contribution in [0.3, 0.4) is 0 Å². The van der Waals surface area contributed by atoms with Gasteiger partial charge in [-0.3, -0.25) is 9.78 Å². The number of nitrogens with zero attached hydrogens (tertiary/aromatic N) is 1. The number of fused-ring (bicyclic) bond motifs is 1. The average molecular weight is 442 g/mol. The quantitative estimate of drug-likeness (QED) is 0.507. The summed E-state index contributed by atoms with van der Waals surface area (Å²) in [5, 5.41) is 7.88. The molecular weight excluding hydrogens is 418 g/mol. The number of methoxy groups -OCH3 is 1. The molecule has 1 aliphatic carbocycles. The maximum Gasteiger partial charge on any atom is 0.259 e. The number of carbonyl (C=O) groups is 1. The van der Waals surface area contributed by atoms with Crippen molar-refractivity contribution in [1.29, 1.82) is 0 Å². The highest BCUT2D eigenvalue weighted by molar-refractivity contribution is 7.16. The minimum atomic E-state index is -0.147. The fraction of sp³-hybridized carbons (Fsp3) is 0.304. The number of carbonyl (C=O) groups excluding carboxylic acids is 1. The molecule has 2 aromatic heterocycles. The zero-order valence-corrected chi connectivity index (χ0v) is 18.6. The highest BCUT2D eigenvalue weighted by Gasteiger charge is 2.28. The summed E-state index contributed by atoms with van der Waals surface area (Å²) >= 11 is 7.82. The van der Waals surface area contributed by atoms with Crippen LogP contribution in [-0.2, 0) is 19.4 Å². The second-order valence-electron chi connectivity index (χ2n) is 7.53. The van der Waals surface area contributed by atoms with Gasteiger partial charge in [0, 0.05) is 16.1 Å². The van der Waals surface area contributed by atoms with Crippen LogP contribution in [0.5, 0.6) is 5.75 Å². The minimum absolute atomic E-state index is 0.147. The molecule has 4 rings (SSSR count). The Bertz CT molecular complexity index is 1050. The van der Waals surface area contributed by atoms with Crippen molar-refractivity contribution in [2.24, 2.45) is 5.92 Å². The van der Waals surface area contributed by atoms with Crippen LogP contribution in [0.1, 0.15) is 39.8 Å². The molecule has 2 N–H and O–H groups in total. The number of amides is 1. The second kappa shape index (κ2) is 9.06. The molecule has 5 nitrogen and oxygen atoms in total. The Hall–Kier alpha value is -2.57. The van der Waals surface area contributed by atoms with Crippen LogP contribution in [0, 0.1) is 5.92 Å². The van der Waals surface area contributed by atoms with E-state index in [9.17, 15) is 4.79 Å². The van der Waals surface area contributed by atoms with Crippen LogP contribution in [0.4, 0.5) is 10.7 Å². The topological polar surface area (TPSA) is 63.2 Å². The van der Waals surface area contributed by atoms with Crippen molar-refractivity contribution < 1.29 is 9.53 Å². The number of thiophene rings is 1. The zero-order valence-electron chi connectivity index (χ0n) is 17.0. The van der Waals surface area contributed by atoms with Crippen LogP contribution in [0.15, 0.2) is 42.6 Å². The van der Waals surface area contributed by atoms with E-state index in [4.69, 9.17) is 16.3 Å². The number of ether oxygens (including phenoxy) is 1. The van der Waals surface area contributed by atoms with Gasteiger partial charge in [0.05, 0.1) is 30.6 Å². The first-order chi connectivity index (χ1) is 14.5. The van der Waals surface area contributed by atoms with E-state index in [1.54, 1.807) is 42.8 Å². The van der Waals surface area contributed by atoms with Crippen molar-refractivity contribution in [3.63, 3.8) is 0 Å². The number of benzene rings is 1. The summed E-state index contributed by atoms with van der Waals surface area (Å²) in [6, 6.07) is 11.0. The lowest BCUT2D eigenvalue weighted by molar-refractivity contribution is 0.102. The molecule has 0 radical (unpaired) electrons. The molecule has 3 aromatic rings. The van der Waals surface area contributed by atoms with E-state index in [2.05, 4.69) is 22.5 Å². The summed E-state index contributed by atoms with van der Waals surface area (Å²) in [6.07, 6.45) is 4.78. The van der Waals surface area contributed by atoms with E-state index in [1.807, 2.05) is 18.2 Å². The number of rotatable bonds is 6. The summed E-state index contributed by atoms with van der Waals surface area (Å²) in [5.41, 5.74) is 3.37. The Labute approximate surface area is 185 Å². The Morgan fingerprint density at radius 1 is 1.33 bits per heavy atom. The molecule has 0 fully saturated rings. The molecule has 1 aliphatic rings. The fourth-order valence-electron chi connectivity index (χ4n) is 3.75. The highest BCUT2D eigenvalue weighted by atomic mass is 35.5. The molecule has 2 heterocycles. The van der Waals surface area contributed by atoms with Crippen molar-refractivity contribution in [3.05, 3.63) is 69.3 Å². The predicted molar refractivity (Wildman–Crippen MR) is 123 cm³/mol. The molecule has 156 valence electrons. The lowest BCUT2D eigenvalue weighted by Crippen LogP contribution is -2.18. The van der Waals surface area contributed by atoms with Crippen molar-refractivity contribution in [2.75, 3.05) is 17.7 Å². The van der Waals surface area contributed by atoms with Gasteiger partial charge in [-0.1, -0.05) is 24.6 Å². The van der Waals surface area contributed by atoms with E-state index in [0.717, 1.165) is 41.1 Å². The SMILES string of the molecule is COc1ccc(Cl)cc1NC(=O)c1c(NCc2ccccn2)sc2c1CC[C@H](C)C2. The van der Waals surface area contributed by atoms with Gasteiger partial charge in [-0.05, 0) is 61.1 Å². The monoisotopic (exact) mass is 441 g/mol. The lowest BCUT2D eigenvalue weighted by Gasteiger charge is -2.19. The van der Waals surface area contributed by atoms with Crippen molar-refractivity contribution in [1.82, 2.24) is 4.98 Å². The van der Waals surface area contributed by atoms with Gasteiger partial charge in [-0.2, -0.15) is 0 Å². The first-order valence-corrected chi connectivity index (χ1v) is 11.2. The molecule has 0 bridgehead atoms. The number of halogens is 1. The second-order valence-corrected chi connectivity index (χ2v) is 9.07. The Kier molecular flexibility index (Phi) is 6.25. The Morgan fingerprint density at radius 3 is 2.97 bits per heavy atom. The standard InChI is InChI=1S/C23H24ClN3O2S/c1-14-6-8-17-20(11-14)30-23(26-13-16-5-3-4-10-25-16)21(17)22(28)27-18-12-15(24)7-9-19(18)29-2/h3-5,7,9-10,12,14,26H,6,8,11,13H2,1-2H3,(H,27,28)/t14-/m0/s1. The minimum Gasteiger partial charge on any atom is -0.495 e. The molecular formula is C23H24ClN3O2S. The van der Waals surface area contributed by atoms with Crippen LogP contribution in [0.2, 0.25) is 5.02 Å². The summed E-state index contributed by atoms with van der Waals surface area (Å²) in [6.45, 7) is 2.83. The van der Waals surface area contributed by atoms with Crippen molar-refractivity contribution in [2.45, 2.75) is 32.7 Å². The number of hydrogen-bond donors (Lipinski definition) is 2. The van der Waals surface area contributed by atoms with Crippen molar-refractivity contribution in [3.8, 4) is 5.75 Å². The summed E-state index contributed by atoms with van der Waals surface area (Å²) in [4.78, 5) is 19.0. The van der Waals surface area contributed by atoms with E-state index < -0.39 is 0 Å². The van der Waals surface area contributed by atoms with Crippen LogP contribution in [-0.4, -0.2) is 18.0 Å². The molecule has 0 spiro atoms. The Balaban J connectivity index is 1.65. The molecule has 0 saturated heterocycles. The number of hydrogen-bond acceptors (Lipinski definition) is 5. The number of nitrogens with one attached hydrogen (secondary N) is 2. The largest absolute Gasteiger partial charge is 0.495 e. The summed E-state index contributed by atoms with van der Waals surface area (Å²) in [5.74, 6) is 1.06. The smallest absolute Gasteiger partial charge is 0.259 e. The van der Waals surface area contributed by atoms with Gasteiger partial charge in [-0.15, -0.1) is 11.3 Å². The van der Waals surface area contributed by atoms with Gasteiger partial charge in [0.2, 0.25) is 0 Å². The van der Waals surface area contributed by atoms with E-state index >= 15 is 0 Å². The van der Waals surface area contributed by atoms with Gasteiger partial charge >= 0.3 is 0 Å². The molecule has 30 heavy (non-hydrogen) atoms. The molecule has 1 aromatic carbocycles. The molecule has 0 aliphatic heterocycles. The first-order valence-electron chi connectivity index (χ1n) is 9.98. The maximum atomic E-state index is 13.4. The van der Waals surface area contributed by atoms with E-state index in [-0.39, 0.29) is 5.91 Å². The molecule has 1 amide bonds. The predicted octanol–water partition coefficient (Wildman–Crippen LogP) is 5.79. The maximum absolute atomic E-state index is 13.4.